The van der Waals surface area contributed by atoms with Crippen LogP contribution in [0.25, 0.3) is 0 Å². The van der Waals surface area contributed by atoms with E-state index in [4.69, 9.17) is 39.5 Å². The highest BCUT2D eigenvalue weighted by molar-refractivity contribution is 6.37. The highest BCUT2D eigenvalue weighted by Gasteiger charge is 2.29. The molecule has 1 N–H and O–H groups in total. The smallest absolute Gasteiger partial charge is 0.422 e. The van der Waals surface area contributed by atoms with Crippen LogP contribution >= 0.6 is 34.8 Å². The number of alkyl halides is 3. The monoisotopic (exact) mass is 397 g/mol. The number of hydrogen-bond donors (Lipinski definition) is 1. The van der Waals surface area contributed by atoms with Crippen molar-refractivity contribution in [1.82, 2.24) is 0 Å². The topological polar surface area (TPSA) is 38.3 Å². The van der Waals surface area contributed by atoms with Crippen molar-refractivity contribution in [3.8, 4) is 5.75 Å². The van der Waals surface area contributed by atoms with Gasteiger partial charge < -0.3 is 10.1 Å². The molecule has 1 amide bonds. The van der Waals surface area contributed by atoms with Crippen molar-refractivity contribution >= 4 is 46.4 Å². The third-order valence-corrected chi connectivity index (χ3v) is 3.54. The van der Waals surface area contributed by atoms with Crippen LogP contribution in [0.2, 0.25) is 15.1 Å². The molecule has 2 rings (SSSR count). The Labute approximate surface area is 150 Å². The number of carbonyl (C=O) groups is 1. The van der Waals surface area contributed by atoms with Crippen LogP contribution in [0.3, 0.4) is 0 Å². The minimum atomic E-state index is -4.51. The predicted octanol–water partition coefficient (Wildman–Crippen LogP) is 5.84. The zero-order valence-corrected chi connectivity index (χ0v) is 14.0. The summed E-state index contributed by atoms with van der Waals surface area (Å²) in [7, 11) is 0. The second-order valence-corrected chi connectivity index (χ2v) is 5.90. The summed E-state index contributed by atoms with van der Waals surface area (Å²) in [4.78, 5) is 12.3. The summed E-state index contributed by atoms with van der Waals surface area (Å²) in [6.45, 7) is -1.50. The van der Waals surface area contributed by atoms with Gasteiger partial charge in [-0.15, -0.1) is 0 Å². The minimum absolute atomic E-state index is 0.0113. The van der Waals surface area contributed by atoms with E-state index in [0.29, 0.717) is 5.02 Å². The summed E-state index contributed by atoms with van der Waals surface area (Å²) < 4.78 is 41.6. The van der Waals surface area contributed by atoms with Gasteiger partial charge in [0.1, 0.15) is 5.75 Å². The molecule has 3 nitrogen and oxygen atoms in total. The average Bonchev–Trinajstić information content (AvgIpc) is 2.45. The Morgan fingerprint density at radius 2 is 1.67 bits per heavy atom. The summed E-state index contributed by atoms with van der Waals surface area (Å²) in [6.07, 6.45) is -4.51. The van der Waals surface area contributed by atoms with E-state index in [-0.39, 0.29) is 27.0 Å². The van der Waals surface area contributed by atoms with Crippen molar-refractivity contribution in [1.29, 1.82) is 0 Å². The maximum absolute atomic E-state index is 12.3. The van der Waals surface area contributed by atoms with Gasteiger partial charge in [0.2, 0.25) is 0 Å². The van der Waals surface area contributed by atoms with Gasteiger partial charge in [-0.1, -0.05) is 34.8 Å². The summed E-state index contributed by atoms with van der Waals surface area (Å²) in [6, 6.07) is 8.07. The van der Waals surface area contributed by atoms with Crippen LogP contribution in [0.4, 0.5) is 18.9 Å². The van der Waals surface area contributed by atoms with Crippen LogP contribution in [0, 0.1) is 0 Å². The lowest BCUT2D eigenvalue weighted by molar-refractivity contribution is -0.153. The molecule has 0 saturated carbocycles. The van der Waals surface area contributed by atoms with E-state index in [9.17, 15) is 18.0 Å². The number of hydrogen-bond acceptors (Lipinski definition) is 2. The minimum Gasteiger partial charge on any atom is -0.482 e. The summed E-state index contributed by atoms with van der Waals surface area (Å²) >= 11 is 17.5. The van der Waals surface area contributed by atoms with Gasteiger partial charge in [-0.25, -0.2) is 0 Å². The van der Waals surface area contributed by atoms with Crippen molar-refractivity contribution < 1.29 is 22.7 Å². The van der Waals surface area contributed by atoms with E-state index in [1.165, 1.54) is 36.4 Å². The zero-order valence-electron chi connectivity index (χ0n) is 11.8. The number of amides is 1. The zero-order chi connectivity index (χ0) is 17.9. The standard InChI is InChI=1S/C15H9Cl3F3NO2/c16-8-1-3-10(11(18)5-8)14(23)22-12-6-9(17)2-4-13(12)24-7-15(19,20)21/h1-6H,7H2,(H,22,23). The van der Waals surface area contributed by atoms with Crippen LogP contribution in [0.5, 0.6) is 5.75 Å². The van der Waals surface area contributed by atoms with Crippen molar-refractivity contribution in [3.05, 3.63) is 57.0 Å². The lowest BCUT2D eigenvalue weighted by Crippen LogP contribution is -2.20. The van der Waals surface area contributed by atoms with Gasteiger partial charge in [-0.2, -0.15) is 13.2 Å². The number of nitrogens with one attached hydrogen (secondary N) is 1. The van der Waals surface area contributed by atoms with Crippen LogP contribution in [-0.4, -0.2) is 18.7 Å². The Balaban J connectivity index is 2.24. The number of anilines is 1. The number of halogens is 6. The molecule has 0 aromatic heterocycles. The Hall–Kier alpha value is -1.63. The fourth-order valence-corrected chi connectivity index (χ4v) is 2.42. The van der Waals surface area contributed by atoms with Gasteiger partial charge in [-0.05, 0) is 36.4 Å². The van der Waals surface area contributed by atoms with Gasteiger partial charge in [-0.3, -0.25) is 4.79 Å². The molecule has 0 spiro atoms. The Morgan fingerprint density at radius 1 is 1.04 bits per heavy atom. The van der Waals surface area contributed by atoms with E-state index in [1.807, 2.05) is 0 Å². The molecule has 0 bridgehead atoms. The number of rotatable bonds is 4. The number of benzene rings is 2. The molecule has 0 unspecified atom stereocenters. The van der Waals surface area contributed by atoms with Crippen LogP contribution in [0.15, 0.2) is 36.4 Å². The van der Waals surface area contributed by atoms with Gasteiger partial charge in [0, 0.05) is 10.0 Å². The quantitative estimate of drug-likeness (QED) is 0.702. The molecule has 0 fully saturated rings. The molecule has 0 radical (unpaired) electrons. The third-order valence-electron chi connectivity index (χ3n) is 2.76. The Kier molecular flexibility index (Phi) is 5.85. The first-order valence-corrected chi connectivity index (χ1v) is 7.54. The molecular weight excluding hydrogens is 390 g/mol. The van der Waals surface area contributed by atoms with E-state index in [2.05, 4.69) is 5.32 Å². The normalized spacial score (nSPS) is 11.2. The molecule has 2 aromatic carbocycles. The first kappa shape index (κ1) is 18.7. The molecule has 0 saturated heterocycles. The SMILES string of the molecule is O=C(Nc1cc(Cl)ccc1OCC(F)(F)F)c1ccc(Cl)cc1Cl. The maximum atomic E-state index is 12.3. The fourth-order valence-electron chi connectivity index (χ4n) is 1.75. The lowest BCUT2D eigenvalue weighted by Gasteiger charge is -2.14. The maximum Gasteiger partial charge on any atom is 0.422 e. The van der Waals surface area contributed by atoms with E-state index in [0.717, 1.165) is 0 Å². The Morgan fingerprint density at radius 3 is 2.29 bits per heavy atom. The average molecular weight is 399 g/mol. The van der Waals surface area contributed by atoms with Crippen molar-refractivity contribution in [2.24, 2.45) is 0 Å². The second kappa shape index (κ2) is 7.51. The summed E-state index contributed by atoms with van der Waals surface area (Å²) in [5, 5.41) is 3.07. The fraction of sp³-hybridized carbons (Fsp3) is 0.133. The highest BCUT2D eigenvalue weighted by Crippen LogP contribution is 2.31. The third kappa shape index (κ3) is 5.19. The van der Waals surface area contributed by atoms with Gasteiger partial charge in [0.25, 0.3) is 5.91 Å². The molecular formula is C15H9Cl3F3NO2. The first-order chi connectivity index (χ1) is 11.2. The largest absolute Gasteiger partial charge is 0.482 e. The van der Waals surface area contributed by atoms with Crippen LogP contribution < -0.4 is 10.1 Å². The number of carbonyl (C=O) groups excluding carboxylic acids is 1. The lowest BCUT2D eigenvalue weighted by atomic mass is 10.2. The number of ether oxygens (including phenoxy) is 1. The van der Waals surface area contributed by atoms with Crippen molar-refractivity contribution in [2.45, 2.75) is 6.18 Å². The summed E-state index contributed by atoms with van der Waals surface area (Å²) in [5.41, 5.74) is 0.0885. The van der Waals surface area contributed by atoms with E-state index in [1.54, 1.807) is 0 Å². The van der Waals surface area contributed by atoms with Crippen LogP contribution in [0.1, 0.15) is 10.4 Å². The molecule has 0 heterocycles. The molecule has 0 atom stereocenters. The molecule has 9 heteroatoms. The first-order valence-electron chi connectivity index (χ1n) is 6.41. The van der Waals surface area contributed by atoms with Crippen molar-refractivity contribution in [2.75, 3.05) is 11.9 Å². The molecule has 0 aliphatic rings. The highest BCUT2D eigenvalue weighted by atomic mass is 35.5. The van der Waals surface area contributed by atoms with Gasteiger partial charge in [0.15, 0.2) is 6.61 Å². The molecule has 0 aliphatic heterocycles. The van der Waals surface area contributed by atoms with Gasteiger partial charge >= 0.3 is 6.18 Å². The van der Waals surface area contributed by atoms with Gasteiger partial charge in [0.05, 0.1) is 16.3 Å². The second-order valence-electron chi connectivity index (χ2n) is 4.62. The Bertz CT molecular complexity index is 766. The summed E-state index contributed by atoms with van der Waals surface area (Å²) in [5.74, 6) is -0.814. The molecule has 128 valence electrons. The van der Waals surface area contributed by atoms with Crippen molar-refractivity contribution in [3.63, 3.8) is 0 Å². The predicted molar refractivity (Wildman–Crippen MR) is 87.4 cm³/mol. The van der Waals surface area contributed by atoms with Crippen LogP contribution in [-0.2, 0) is 0 Å². The van der Waals surface area contributed by atoms with E-state index >= 15 is 0 Å². The van der Waals surface area contributed by atoms with E-state index < -0.39 is 18.7 Å². The molecule has 24 heavy (non-hydrogen) atoms. The molecule has 0 aliphatic carbocycles. The molecule has 2 aromatic rings.